The van der Waals surface area contributed by atoms with Crippen LogP contribution in [-0.4, -0.2) is 11.3 Å². The molecule has 2 nitrogen and oxygen atoms in total. The van der Waals surface area contributed by atoms with Crippen LogP contribution in [0, 0.1) is 0 Å². The Labute approximate surface area is 97.4 Å². The fraction of sp³-hybridized carbons (Fsp3) is 0.357. The first-order chi connectivity index (χ1) is 7.38. The fourth-order valence-electron chi connectivity index (χ4n) is 1.51. The lowest BCUT2D eigenvalue weighted by Crippen LogP contribution is -2.34. The van der Waals surface area contributed by atoms with Crippen LogP contribution in [0.2, 0.25) is 0 Å². The first-order valence-electron chi connectivity index (χ1n) is 5.44. The highest BCUT2D eigenvalue weighted by Crippen LogP contribution is 2.06. The van der Waals surface area contributed by atoms with Crippen molar-refractivity contribution in [2.24, 2.45) is 0 Å². The van der Waals surface area contributed by atoms with Gasteiger partial charge in [0.15, 0.2) is 5.78 Å². The summed E-state index contributed by atoms with van der Waals surface area (Å²) >= 11 is 0. The molecule has 0 fully saturated rings. The van der Waals surface area contributed by atoms with Gasteiger partial charge in [0, 0.05) is 22.9 Å². The van der Waals surface area contributed by atoms with Crippen LogP contribution in [0.25, 0.3) is 0 Å². The summed E-state index contributed by atoms with van der Waals surface area (Å²) in [5, 5.41) is 3.26. The van der Waals surface area contributed by atoms with Crippen molar-refractivity contribution < 1.29 is 4.79 Å². The third-order valence-electron chi connectivity index (χ3n) is 1.98. The summed E-state index contributed by atoms with van der Waals surface area (Å²) in [7, 11) is 0. The molecule has 0 radical (unpaired) electrons. The van der Waals surface area contributed by atoms with E-state index in [0.717, 1.165) is 11.3 Å². The van der Waals surface area contributed by atoms with Gasteiger partial charge in [-0.3, -0.25) is 4.79 Å². The zero-order chi connectivity index (χ0) is 12.2. The highest BCUT2D eigenvalue weighted by atomic mass is 16.1. The van der Waals surface area contributed by atoms with Gasteiger partial charge in [-0.15, -0.1) is 0 Å². The second-order valence-corrected chi connectivity index (χ2v) is 4.93. The van der Waals surface area contributed by atoms with Crippen molar-refractivity contribution in [2.75, 3.05) is 0 Å². The molecule has 1 aromatic carbocycles. The lowest BCUT2D eigenvalue weighted by atomic mass is 10.1. The molecule has 0 atom stereocenters. The van der Waals surface area contributed by atoms with Crippen molar-refractivity contribution in [1.29, 1.82) is 0 Å². The van der Waals surface area contributed by atoms with Gasteiger partial charge in [-0.1, -0.05) is 30.3 Å². The number of nitrogens with one attached hydrogen (secondary N) is 1. The predicted octanol–water partition coefficient (Wildman–Crippen LogP) is 3.16. The Balaban J connectivity index is 2.74. The molecule has 0 aliphatic rings. The monoisotopic (exact) mass is 217 g/mol. The molecule has 0 heterocycles. The summed E-state index contributed by atoms with van der Waals surface area (Å²) in [6.45, 7) is 8.11. The van der Waals surface area contributed by atoms with Crippen LogP contribution in [0.4, 0.5) is 0 Å². The molecule has 86 valence electrons. The number of benzene rings is 1. The van der Waals surface area contributed by atoms with Crippen molar-refractivity contribution in [1.82, 2.24) is 5.32 Å². The Morgan fingerprint density at radius 3 is 2.25 bits per heavy atom. The van der Waals surface area contributed by atoms with E-state index in [9.17, 15) is 4.79 Å². The molecular formula is C14H19NO. The largest absolute Gasteiger partial charge is 0.384 e. The fourth-order valence-corrected chi connectivity index (χ4v) is 1.51. The first-order valence-corrected chi connectivity index (χ1v) is 5.44. The third-order valence-corrected chi connectivity index (χ3v) is 1.98. The summed E-state index contributed by atoms with van der Waals surface area (Å²) in [4.78, 5) is 11.8. The summed E-state index contributed by atoms with van der Waals surface area (Å²) in [5.74, 6) is 0.0369. The minimum absolute atomic E-state index is 0.0163. The summed E-state index contributed by atoms with van der Waals surface area (Å²) < 4.78 is 0. The normalized spacial score (nSPS) is 12.4. The minimum Gasteiger partial charge on any atom is -0.384 e. The van der Waals surface area contributed by atoms with Crippen molar-refractivity contribution in [2.45, 2.75) is 33.2 Å². The zero-order valence-corrected chi connectivity index (χ0v) is 10.4. The molecule has 0 aliphatic heterocycles. The number of hydrogen-bond acceptors (Lipinski definition) is 2. The molecule has 0 unspecified atom stereocenters. The quantitative estimate of drug-likeness (QED) is 0.622. The van der Waals surface area contributed by atoms with Crippen LogP contribution in [0.15, 0.2) is 42.1 Å². The van der Waals surface area contributed by atoms with Crippen LogP contribution in [-0.2, 0) is 0 Å². The lowest BCUT2D eigenvalue weighted by Gasteiger charge is -2.22. The predicted molar refractivity (Wildman–Crippen MR) is 67.4 cm³/mol. The van der Waals surface area contributed by atoms with Crippen LogP contribution in [0.5, 0.6) is 0 Å². The maximum Gasteiger partial charge on any atom is 0.187 e. The molecule has 0 amide bonds. The van der Waals surface area contributed by atoms with E-state index in [1.165, 1.54) is 0 Å². The Kier molecular flexibility index (Phi) is 3.88. The molecule has 2 heteroatoms. The third kappa shape index (κ3) is 4.30. The molecule has 1 N–H and O–H groups in total. The topological polar surface area (TPSA) is 29.1 Å². The molecule has 0 saturated carbocycles. The van der Waals surface area contributed by atoms with Crippen LogP contribution >= 0.6 is 0 Å². The average molecular weight is 217 g/mol. The van der Waals surface area contributed by atoms with E-state index < -0.39 is 0 Å². The Morgan fingerprint density at radius 2 is 1.75 bits per heavy atom. The highest BCUT2D eigenvalue weighted by molar-refractivity contribution is 6.04. The van der Waals surface area contributed by atoms with E-state index in [0.29, 0.717) is 0 Å². The second kappa shape index (κ2) is 4.97. The average Bonchev–Trinajstić information content (AvgIpc) is 2.16. The van der Waals surface area contributed by atoms with Gasteiger partial charge >= 0.3 is 0 Å². The Morgan fingerprint density at radius 1 is 1.19 bits per heavy atom. The molecule has 1 aromatic rings. The molecule has 16 heavy (non-hydrogen) atoms. The molecule has 0 aliphatic carbocycles. The summed E-state index contributed by atoms with van der Waals surface area (Å²) in [6, 6.07) is 9.29. The van der Waals surface area contributed by atoms with Gasteiger partial charge in [0.2, 0.25) is 0 Å². The highest BCUT2D eigenvalue weighted by Gasteiger charge is 2.09. The molecule has 0 bridgehead atoms. The van der Waals surface area contributed by atoms with Gasteiger partial charge in [0.05, 0.1) is 0 Å². The van der Waals surface area contributed by atoms with Crippen LogP contribution < -0.4 is 5.32 Å². The smallest absolute Gasteiger partial charge is 0.187 e. The van der Waals surface area contributed by atoms with Crippen LogP contribution in [0.1, 0.15) is 38.1 Å². The van der Waals surface area contributed by atoms with Crippen molar-refractivity contribution in [3.8, 4) is 0 Å². The van der Waals surface area contributed by atoms with E-state index in [4.69, 9.17) is 0 Å². The second-order valence-electron chi connectivity index (χ2n) is 4.93. The minimum atomic E-state index is -0.0163. The number of carbonyl (C=O) groups is 1. The van der Waals surface area contributed by atoms with Crippen LogP contribution in [0.3, 0.4) is 0 Å². The number of carbonyl (C=O) groups excluding carboxylic acids is 1. The number of rotatable bonds is 3. The Bertz CT molecular complexity index is 385. The van der Waals surface area contributed by atoms with E-state index >= 15 is 0 Å². The van der Waals surface area contributed by atoms with Gasteiger partial charge in [0.25, 0.3) is 0 Å². The van der Waals surface area contributed by atoms with Gasteiger partial charge in [-0.25, -0.2) is 0 Å². The lowest BCUT2D eigenvalue weighted by molar-refractivity contribution is 0.104. The van der Waals surface area contributed by atoms with Gasteiger partial charge in [0.1, 0.15) is 0 Å². The maximum absolute atomic E-state index is 11.8. The summed E-state index contributed by atoms with van der Waals surface area (Å²) in [5.41, 5.74) is 1.59. The van der Waals surface area contributed by atoms with Crippen molar-refractivity contribution in [3.63, 3.8) is 0 Å². The van der Waals surface area contributed by atoms with E-state index in [2.05, 4.69) is 26.1 Å². The van der Waals surface area contributed by atoms with Crippen molar-refractivity contribution >= 4 is 5.78 Å². The van der Waals surface area contributed by atoms with Gasteiger partial charge < -0.3 is 5.32 Å². The zero-order valence-electron chi connectivity index (χ0n) is 10.4. The Hall–Kier alpha value is -1.57. The number of hydrogen-bond donors (Lipinski definition) is 1. The number of allylic oxidation sites excluding steroid dienone is 2. The summed E-state index contributed by atoms with van der Waals surface area (Å²) in [6.07, 6.45) is 1.64. The van der Waals surface area contributed by atoms with E-state index in [1.54, 1.807) is 6.08 Å². The van der Waals surface area contributed by atoms with Gasteiger partial charge in [-0.2, -0.15) is 0 Å². The van der Waals surface area contributed by atoms with Gasteiger partial charge in [-0.05, 0) is 27.7 Å². The SMILES string of the molecule is C/C(=C/C(=O)c1ccccc1)NC(C)(C)C. The maximum atomic E-state index is 11.8. The molecule has 1 rings (SSSR count). The van der Waals surface area contributed by atoms with Crippen molar-refractivity contribution in [3.05, 3.63) is 47.7 Å². The standard InChI is InChI=1S/C14H19NO/c1-11(15-14(2,3)4)10-13(16)12-8-6-5-7-9-12/h5-10,15H,1-4H3/b11-10-. The number of ketones is 1. The molecule has 0 spiro atoms. The molecular weight excluding hydrogens is 198 g/mol. The van der Waals surface area contributed by atoms with E-state index in [1.807, 2.05) is 37.3 Å². The molecule has 0 aromatic heterocycles. The van der Waals surface area contributed by atoms with E-state index in [-0.39, 0.29) is 11.3 Å². The first kappa shape index (κ1) is 12.5. The molecule has 0 saturated heterocycles.